The number of hydrogen-bond acceptors (Lipinski definition) is 4. The van der Waals surface area contributed by atoms with Crippen molar-refractivity contribution < 1.29 is 14.3 Å². The fourth-order valence-corrected chi connectivity index (χ4v) is 2.07. The zero-order valence-electron chi connectivity index (χ0n) is 9.25. The van der Waals surface area contributed by atoms with Crippen LogP contribution in [0.3, 0.4) is 0 Å². The molecule has 0 aromatic carbocycles. The highest BCUT2D eigenvalue weighted by molar-refractivity contribution is 5.78. The van der Waals surface area contributed by atoms with Gasteiger partial charge in [0, 0.05) is 6.54 Å². The van der Waals surface area contributed by atoms with Crippen LogP contribution in [0.5, 0.6) is 0 Å². The summed E-state index contributed by atoms with van der Waals surface area (Å²) in [5, 5.41) is 3.36. The van der Waals surface area contributed by atoms with E-state index in [9.17, 15) is 4.79 Å². The van der Waals surface area contributed by atoms with E-state index < -0.39 is 5.41 Å². The summed E-state index contributed by atoms with van der Waals surface area (Å²) in [6.45, 7) is 2.71. The molecule has 0 amide bonds. The molecule has 0 atom stereocenters. The molecule has 0 radical (unpaired) electrons. The zero-order chi connectivity index (χ0) is 10.7. The Kier molecular flexibility index (Phi) is 3.26. The molecule has 86 valence electrons. The Morgan fingerprint density at radius 1 is 1.53 bits per heavy atom. The zero-order valence-corrected chi connectivity index (χ0v) is 9.25. The normalized spacial score (nSPS) is 24.1. The number of nitrogens with one attached hydrogen (secondary N) is 1. The molecule has 1 heterocycles. The summed E-state index contributed by atoms with van der Waals surface area (Å²) in [6, 6.07) is 0. The average Bonchev–Trinajstić information content (AvgIpc) is 2.11. The van der Waals surface area contributed by atoms with E-state index in [0.717, 1.165) is 12.5 Å². The minimum atomic E-state index is -0.404. The van der Waals surface area contributed by atoms with Crippen LogP contribution in [0.15, 0.2) is 0 Å². The number of methoxy groups -OCH3 is 1. The lowest BCUT2D eigenvalue weighted by Gasteiger charge is -2.39. The molecule has 0 aromatic rings. The minimum absolute atomic E-state index is 0.144. The van der Waals surface area contributed by atoms with Crippen molar-refractivity contribution in [2.75, 3.05) is 33.4 Å². The van der Waals surface area contributed by atoms with Crippen LogP contribution in [0, 0.1) is 11.3 Å². The van der Waals surface area contributed by atoms with Crippen molar-refractivity contribution in [3.05, 3.63) is 0 Å². The monoisotopic (exact) mass is 213 g/mol. The van der Waals surface area contributed by atoms with Crippen LogP contribution in [-0.4, -0.2) is 39.4 Å². The van der Waals surface area contributed by atoms with E-state index in [1.165, 1.54) is 26.4 Å². The Labute approximate surface area is 90.3 Å². The highest BCUT2D eigenvalue weighted by Crippen LogP contribution is 2.29. The first-order valence-corrected chi connectivity index (χ1v) is 5.64. The summed E-state index contributed by atoms with van der Waals surface area (Å²) >= 11 is 0. The molecule has 0 aromatic heterocycles. The van der Waals surface area contributed by atoms with Gasteiger partial charge in [-0.3, -0.25) is 4.79 Å². The fourth-order valence-electron chi connectivity index (χ4n) is 2.07. The van der Waals surface area contributed by atoms with Crippen LogP contribution in [0.4, 0.5) is 0 Å². The number of carbonyl (C=O) groups is 1. The van der Waals surface area contributed by atoms with E-state index in [4.69, 9.17) is 9.47 Å². The molecule has 1 N–H and O–H groups in total. The van der Waals surface area contributed by atoms with Gasteiger partial charge in [0.2, 0.25) is 0 Å². The standard InChI is InChI=1S/C11H19NO3/c1-14-10(13)11(7-15-8-11)6-12-5-9-3-2-4-9/h9,12H,2-8H2,1H3. The molecule has 1 saturated heterocycles. The predicted molar refractivity (Wildman–Crippen MR) is 55.5 cm³/mol. The Morgan fingerprint density at radius 2 is 2.27 bits per heavy atom. The summed E-state index contributed by atoms with van der Waals surface area (Å²) < 4.78 is 9.91. The van der Waals surface area contributed by atoms with E-state index in [1.54, 1.807) is 0 Å². The van der Waals surface area contributed by atoms with Gasteiger partial charge in [0.15, 0.2) is 0 Å². The summed E-state index contributed by atoms with van der Waals surface area (Å²) in [5.74, 6) is 0.676. The Balaban J connectivity index is 1.72. The minimum Gasteiger partial charge on any atom is -0.468 e. The van der Waals surface area contributed by atoms with Crippen LogP contribution in [0.1, 0.15) is 19.3 Å². The Hall–Kier alpha value is -0.610. The molecule has 0 unspecified atom stereocenters. The number of ether oxygens (including phenoxy) is 2. The van der Waals surface area contributed by atoms with Crippen molar-refractivity contribution in [3.63, 3.8) is 0 Å². The van der Waals surface area contributed by atoms with Crippen LogP contribution >= 0.6 is 0 Å². The molecule has 2 fully saturated rings. The first-order valence-electron chi connectivity index (χ1n) is 5.64. The van der Waals surface area contributed by atoms with Gasteiger partial charge >= 0.3 is 5.97 Å². The number of hydrogen-bond donors (Lipinski definition) is 1. The molecule has 1 aliphatic carbocycles. The largest absolute Gasteiger partial charge is 0.468 e. The van der Waals surface area contributed by atoms with E-state index in [-0.39, 0.29) is 5.97 Å². The molecule has 0 bridgehead atoms. The van der Waals surface area contributed by atoms with Crippen molar-refractivity contribution in [1.29, 1.82) is 0 Å². The molecule has 4 nitrogen and oxygen atoms in total. The highest BCUT2D eigenvalue weighted by atomic mass is 16.5. The predicted octanol–water partition coefficient (Wildman–Crippen LogP) is 0.566. The first-order chi connectivity index (χ1) is 7.27. The van der Waals surface area contributed by atoms with Gasteiger partial charge in [-0.05, 0) is 25.3 Å². The van der Waals surface area contributed by atoms with Crippen molar-refractivity contribution in [3.8, 4) is 0 Å². The fraction of sp³-hybridized carbons (Fsp3) is 0.909. The molecule has 2 rings (SSSR count). The van der Waals surface area contributed by atoms with Gasteiger partial charge in [-0.1, -0.05) is 6.42 Å². The van der Waals surface area contributed by atoms with Gasteiger partial charge in [0.25, 0.3) is 0 Å². The van der Waals surface area contributed by atoms with Crippen LogP contribution < -0.4 is 5.32 Å². The third kappa shape index (κ3) is 2.16. The summed E-state index contributed by atoms with van der Waals surface area (Å²) in [5.41, 5.74) is -0.404. The second-order valence-electron chi connectivity index (χ2n) is 4.69. The second kappa shape index (κ2) is 4.49. The van der Waals surface area contributed by atoms with Gasteiger partial charge in [-0.15, -0.1) is 0 Å². The molecular formula is C11H19NO3. The molecule has 1 aliphatic heterocycles. The molecule has 4 heteroatoms. The molecule has 0 spiro atoms. The lowest BCUT2D eigenvalue weighted by atomic mass is 9.83. The van der Waals surface area contributed by atoms with Gasteiger partial charge in [0.05, 0.1) is 20.3 Å². The van der Waals surface area contributed by atoms with Crippen molar-refractivity contribution in [2.45, 2.75) is 19.3 Å². The van der Waals surface area contributed by atoms with Crippen LogP contribution in [0.25, 0.3) is 0 Å². The Morgan fingerprint density at radius 3 is 2.67 bits per heavy atom. The third-order valence-electron chi connectivity index (χ3n) is 3.50. The van der Waals surface area contributed by atoms with E-state index in [2.05, 4.69) is 5.32 Å². The van der Waals surface area contributed by atoms with Crippen molar-refractivity contribution in [1.82, 2.24) is 5.32 Å². The number of esters is 1. The highest BCUT2D eigenvalue weighted by Gasteiger charge is 2.46. The average molecular weight is 213 g/mol. The van der Waals surface area contributed by atoms with Crippen molar-refractivity contribution >= 4 is 5.97 Å². The summed E-state index contributed by atoms with van der Waals surface area (Å²) in [7, 11) is 1.44. The maximum atomic E-state index is 11.5. The number of carbonyl (C=O) groups excluding carboxylic acids is 1. The van der Waals surface area contributed by atoms with E-state index in [0.29, 0.717) is 19.8 Å². The third-order valence-corrected chi connectivity index (χ3v) is 3.50. The second-order valence-corrected chi connectivity index (χ2v) is 4.69. The van der Waals surface area contributed by atoms with Gasteiger partial charge in [0.1, 0.15) is 5.41 Å². The lowest BCUT2D eigenvalue weighted by molar-refractivity contribution is -0.182. The first kappa shape index (κ1) is 10.9. The topological polar surface area (TPSA) is 47.6 Å². The molecule has 1 saturated carbocycles. The summed E-state index contributed by atoms with van der Waals surface area (Å²) in [4.78, 5) is 11.5. The van der Waals surface area contributed by atoms with E-state index in [1.807, 2.05) is 0 Å². The SMILES string of the molecule is COC(=O)C1(CNCC2CCC2)COC1. The lowest BCUT2D eigenvalue weighted by Crippen LogP contribution is -2.56. The Bertz CT molecular complexity index is 234. The molecular weight excluding hydrogens is 194 g/mol. The maximum absolute atomic E-state index is 11.5. The number of rotatable bonds is 5. The van der Waals surface area contributed by atoms with Crippen LogP contribution in [0.2, 0.25) is 0 Å². The smallest absolute Gasteiger partial charge is 0.317 e. The van der Waals surface area contributed by atoms with Gasteiger partial charge in [-0.25, -0.2) is 0 Å². The van der Waals surface area contributed by atoms with Gasteiger partial charge < -0.3 is 14.8 Å². The summed E-state index contributed by atoms with van der Waals surface area (Å²) in [6.07, 6.45) is 4.01. The van der Waals surface area contributed by atoms with E-state index >= 15 is 0 Å². The molecule has 2 aliphatic rings. The maximum Gasteiger partial charge on any atom is 0.317 e. The van der Waals surface area contributed by atoms with Gasteiger partial charge in [-0.2, -0.15) is 0 Å². The van der Waals surface area contributed by atoms with Crippen LogP contribution in [-0.2, 0) is 14.3 Å². The van der Waals surface area contributed by atoms with Crippen molar-refractivity contribution in [2.24, 2.45) is 11.3 Å². The molecule has 15 heavy (non-hydrogen) atoms. The quantitative estimate of drug-likeness (QED) is 0.678.